The number of carbonyl (C=O) groups excluding carboxylic acids is 1. The number of hydrogen-bond donors (Lipinski definition) is 0. The number of benzene rings is 1. The number of hydrogen-bond acceptors (Lipinski definition) is 7. The lowest BCUT2D eigenvalue weighted by Gasteiger charge is -2.16. The molecule has 1 saturated heterocycles. The summed E-state index contributed by atoms with van der Waals surface area (Å²) in [5.41, 5.74) is 1.41. The number of amides is 1. The lowest BCUT2D eigenvalue weighted by Crippen LogP contribution is -2.24. The van der Waals surface area contributed by atoms with Gasteiger partial charge in [-0.05, 0) is 24.3 Å². The summed E-state index contributed by atoms with van der Waals surface area (Å²) in [4.78, 5) is 22.8. The summed E-state index contributed by atoms with van der Waals surface area (Å²) in [7, 11) is 0. The van der Waals surface area contributed by atoms with Crippen LogP contribution >= 0.6 is 0 Å². The highest BCUT2D eigenvalue weighted by molar-refractivity contribution is 5.96. The van der Waals surface area contributed by atoms with Crippen molar-refractivity contribution < 1.29 is 18.8 Å². The van der Waals surface area contributed by atoms with Crippen LogP contribution in [0.4, 0.5) is 5.69 Å². The van der Waals surface area contributed by atoms with E-state index < -0.39 is 0 Å². The van der Waals surface area contributed by atoms with Crippen molar-refractivity contribution in [3.8, 4) is 23.0 Å². The maximum absolute atomic E-state index is 12.5. The fourth-order valence-corrected chi connectivity index (χ4v) is 3.18. The normalized spacial score (nSPS) is 18.5. The Morgan fingerprint density at radius 2 is 2.04 bits per heavy atom. The van der Waals surface area contributed by atoms with Crippen molar-refractivity contribution in [3.05, 3.63) is 48.5 Å². The van der Waals surface area contributed by atoms with Gasteiger partial charge in [0.05, 0.1) is 5.92 Å². The number of nitrogens with zero attached hydrogens (tertiary/aromatic N) is 4. The topological polar surface area (TPSA) is 90.6 Å². The summed E-state index contributed by atoms with van der Waals surface area (Å²) in [6.45, 7) is 0.677. The largest absolute Gasteiger partial charge is 0.454 e. The maximum Gasteiger partial charge on any atom is 0.232 e. The van der Waals surface area contributed by atoms with Gasteiger partial charge in [-0.25, -0.2) is 0 Å². The molecular formula is C18H14N4O4. The van der Waals surface area contributed by atoms with Crippen LogP contribution in [-0.4, -0.2) is 34.4 Å². The summed E-state index contributed by atoms with van der Waals surface area (Å²) in [5, 5.41) is 3.99. The van der Waals surface area contributed by atoms with Gasteiger partial charge >= 0.3 is 0 Å². The first-order chi connectivity index (χ1) is 12.8. The average molecular weight is 350 g/mol. The van der Waals surface area contributed by atoms with E-state index in [-0.39, 0.29) is 18.6 Å². The van der Waals surface area contributed by atoms with E-state index in [2.05, 4.69) is 15.1 Å². The second-order valence-electron chi connectivity index (χ2n) is 6.11. The molecule has 5 rings (SSSR count). The fraction of sp³-hybridized carbons (Fsp3) is 0.222. The predicted molar refractivity (Wildman–Crippen MR) is 89.8 cm³/mol. The number of carbonyl (C=O) groups is 1. The Kier molecular flexibility index (Phi) is 3.34. The molecule has 2 aliphatic rings. The third-order valence-corrected chi connectivity index (χ3v) is 4.48. The van der Waals surface area contributed by atoms with Crippen LogP contribution in [0.15, 0.2) is 47.1 Å². The van der Waals surface area contributed by atoms with Crippen molar-refractivity contribution in [2.75, 3.05) is 18.2 Å². The zero-order valence-corrected chi connectivity index (χ0v) is 13.7. The van der Waals surface area contributed by atoms with E-state index in [1.165, 1.54) is 0 Å². The molecule has 1 fully saturated rings. The van der Waals surface area contributed by atoms with Gasteiger partial charge in [-0.1, -0.05) is 11.2 Å². The van der Waals surface area contributed by atoms with Crippen molar-refractivity contribution in [2.24, 2.45) is 0 Å². The molecule has 4 heterocycles. The number of rotatable bonds is 3. The van der Waals surface area contributed by atoms with Crippen LogP contribution in [0.2, 0.25) is 0 Å². The van der Waals surface area contributed by atoms with E-state index in [0.29, 0.717) is 41.9 Å². The minimum absolute atomic E-state index is 0.00597. The predicted octanol–water partition coefficient (Wildman–Crippen LogP) is 2.38. The summed E-state index contributed by atoms with van der Waals surface area (Å²) in [5.74, 6) is 2.06. The van der Waals surface area contributed by atoms with Crippen LogP contribution < -0.4 is 14.4 Å². The molecule has 0 aliphatic carbocycles. The van der Waals surface area contributed by atoms with Gasteiger partial charge in [0.2, 0.25) is 24.4 Å². The first-order valence-electron chi connectivity index (χ1n) is 8.23. The van der Waals surface area contributed by atoms with Crippen LogP contribution in [-0.2, 0) is 4.79 Å². The van der Waals surface area contributed by atoms with Gasteiger partial charge in [0.25, 0.3) is 0 Å². The fourth-order valence-electron chi connectivity index (χ4n) is 3.18. The molecule has 130 valence electrons. The van der Waals surface area contributed by atoms with Crippen LogP contribution in [0.5, 0.6) is 11.5 Å². The Hall–Kier alpha value is -3.42. The molecule has 0 saturated carbocycles. The van der Waals surface area contributed by atoms with E-state index in [0.717, 1.165) is 5.69 Å². The van der Waals surface area contributed by atoms with Gasteiger partial charge in [-0.2, -0.15) is 4.98 Å². The molecule has 3 aromatic rings. The van der Waals surface area contributed by atoms with Gasteiger partial charge < -0.3 is 18.9 Å². The van der Waals surface area contributed by atoms with Crippen LogP contribution in [0.1, 0.15) is 18.2 Å². The highest BCUT2D eigenvalue weighted by Gasteiger charge is 2.35. The summed E-state index contributed by atoms with van der Waals surface area (Å²) in [6, 6.07) is 11.0. The van der Waals surface area contributed by atoms with Gasteiger partial charge in [-0.15, -0.1) is 0 Å². The maximum atomic E-state index is 12.5. The quantitative estimate of drug-likeness (QED) is 0.716. The third kappa shape index (κ3) is 2.46. The van der Waals surface area contributed by atoms with Crippen molar-refractivity contribution >= 4 is 11.6 Å². The highest BCUT2D eigenvalue weighted by atomic mass is 16.7. The molecule has 2 aliphatic heterocycles. The van der Waals surface area contributed by atoms with Crippen LogP contribution in [0.25, 0.3) is 11.5 Å². The van der Waals surface area contributed by atoms with E-state index in [1.54, 1.807) is 11.1 Å². The molecular weight excluding hydrogens is 336 g/mol. The number of ether oxygens (including phenoxy) is 2. The van der Waals surface area contributed by atoms with Crippen LogP contribution in [0.3, 0.4) is 0 Å². The van der Waals surface area contributed by atoms with Gasteiger partial charge in [0.15, 0.2) is 11.5 Å². The Labute approximate surface area is 148 Å². The second-order valence-corrected chi connectivity index (χ2v) is 6.11. The van der Waals surface area contributed by atoms with E-state index in [4.69, 9.17) is 14.0 Å². The van der Waals surface area contributed by atoms with E-state index >= 15 is 0 Å². The molecule has 1 amide bonds. The third-order valence-electron chi connectivity index (χ3n) is 4.48. The van der Waals surface area contributed by atoms with E-state index in [9.17, 15) is 4.79 Å². The molecule has 26 heavy (non-hydrogen) atoms. The Morgan fingerprint density at radius 1 is 1.12 bits per heavy atom. The molecule has 8 heteroatoms. The number of aromatic nitrogens is 3. The lowest BCUT2D eigenvalue weighted by atomic mass is 10.1. The number of anilines is 1. The Balaban J connectivity index is 1.38. The second kappa shape index (κ2) is 5.83. The minimum Gasteiger partial charge on any atom is -0.454 e. The minimum atomic E-state index is -0.155. The van der Waals surface area contributed by atoms with Gasteiger partial charge in [0.1, 0.15) is 5.69 Å². The Morgan fingerprint density at radius 3 is 2.92 bits per heavy atom. The van der Waals surface area contributed by atoms with Gasteiger partial charge in [0, 0.05) is 30.9 Å². The first kappa shape index (κ1) is 14.9. The standard InChI is InChI=1S/C18H14N4O4/c23-16-7-11(18-20-17(21-26-18)13-3-1-2-6-19-13)9-22(16)12-4-5-14-15(8-12)25-10-24-14/h1-6,8,11H,7,9-10H2. The van der Waals surface area contributed by atoms with Gasteiger partial charge in [-0.3, -0.25) is 9.78 Å². The molecule has 0 bridgehead atoms. The molecule has 2 aromatic heterocycles. The number of pyridine rings is 1. The number of fused-ring (bicyclic) bond motifs is 1. The molecule has 1 aromatic carbocycles. The van der Waals surface area contributed by atoms with Crippen LogP contribution in [0, 0.1) is 0 Å². The molecule has 1 unspecified atom stereocenters. The summed E-state index contributed by atoms with van der Waals surface area (Å²) >= 11 is 0. The van der Waals surface area contributed by atoms with Crippen molar-refractivity contribution in [1.29, 1.82) is 0 Å². The molecule has 0 spiro atoms. The summed E-state index contributed by atoms with van der Waals surface area (Å²) in [6.07, 6.45) is 1.99. The smallest absolute Gasteiger partial charge is 0.232 e. The molecule has 1 atom stereocenters. The van der Waals surface area contributed by atoms with Crippen molar-refractivity contribution in [3.63, 3.8) is 0 Å². The first-order valence-corrected chi connectivity index (χ1v) is 8.23. The van der Waals surface area contributed by atoms with Crippen molar-refractivity contribution in [1.82, 2.24) is 15.1 Å². The zero-order valence-electron chi connectivity index (χ0n) is 13.7. The summed E-state index contributed by atoms with van der Waals surface area (Å²) < 4.78 is 16.1. The molecule has 0 radical (unpaired) electrons. The Bertz CT molecular complexity index is 972. The molecule has 8 nitrogen and oxygen atoms in total. The molecule has 0 N–H and O–H groups in total. The van der Waals surface area contributed by atoms with Crippen molar-refractivity contribution in [2.45, 2.75) is 12.3 Å². The monoisotopic (exact) mass is 350 g/mol. The SMILES string of the molecule is O=C1CC(c2nc(-c3ccccn3)no2)CN1c1ccc2c(c1)OCO2. The lowest BCUT2D eigenvalue weighted by molar-refractivity contribution is -0.117. The zero-order chi connectivity index (χ0) is 17.5. The highest BCUT2D eigenvalue weighted by Crippen LogP contribution is 2.38. The average Bonchev–Trinajstić information content (AvgIpc) is 3.41. The van der Waals surface area contributed by atoms with E-state index in [1.807, 2.05) is 36.4 Å².